The van der Waals surface area contributed by atoms with Crippen LogP contribution in [0.3, 0.4) is 0 Å². The second-order valence-electron chi connectivity index (χ2n) is 4.95. The summed E-state index contributed by atoms with van der Waals surface area (Å²) in [7, 11) is 0. The van der Waals surface area contributed by atoms with Crippen LogP contribution in [-0.2, 0) is 0 Å². The second-order valence-corrected chi connectivity index (χ2v) is 6.24. The lowest BCUT2D eigenvalue weighted by molar-refractivity contribution is 0.471. The number of phenolic OH excluding ortho intramolecular Hbond substituents is 1. The molecule has 1 unspecified atom stereocenters. The van der Waals surface area contributed by atoms with Crippen LogP contribution in [0.1, 0.15) is 37.3 Å². The normalized spacial score (nSPS) is 12.8. The van der Waals surface area contributed by atoms with Crippen molar-refractivity contribution in [1.82, 2.24) is 0 Å². The Hall–Kier alpha value is -1.32. The first kappa shape index (κ1) is 16.1. The van der Waals surface area contributed by atoms with E-state index >= 15 is 0 Å². The minimum atomic E-state index is 0.143. The van der Waals surface area contributed by atoms with Gasteiger partial charge in [-0.1, -0.05) is 43.6 Å². The molecule has 0 spiro atoms. The summed E-state index contributed by atoms with van der Waals surface area (Å²) in [5.41, 5.74) is 2.72. The van der Waals surface area contributed by atoms with E-state index in [-0.39, 0.29) is 5.75 Å². The molecule has 0 aliphatic carbocycles. The fraction of sp³-hybridized carbons (Fsp3) is 0.235. The van der Waals surface area contributed by atoms with Gasteiger partial charge in [0.15, 0.2) is 0 Å². The smallest absolute Gasteiger partial charge is 0.138 e. The number of hydrogen-bond acceptors (Lipinski definition) is 2. The Morgan fingerprint density at radius 1 is 1.33 bits per heavy atom. The number of halogens is 2. The van der Waals surface area contributed by atoms with Crippen molar-refractivity contribution in [2.24, 2.45) is 4.99 Å². The molecule has 2 aromatic rings. The van der Waals surface area contributed by atoms with E-state index in [0.29, 0.717) is 21.0 Å². The zero-order chi connectivity index (χ0) is 15.4. The Bertz CT molecular complexity index is 670. The first-order chi connectivity index (χ1) is 10.0. The molecular formula is C17H17BrClNO. The van der Waals surface area contributed by atoms with Crippen molar-refractivity contribution in [2.75, 3.05) is 0 Å². The van der Waals surface area contributed by atoms with Gasteiger partial charge in [0.1, 0.15) is 5.75 Å². The molecule has 2 nitrogen and oxygen atoms in total. The number of aliphatic imine (C=N–C) groups is 1. The third-order valence-electron chi connectivity index (χ3n) is 3.48. The van der Waals surface area contributed by atoms with Gasteiger partial charge in [-0.25, -0.2) is 0 Å². The van der Waals surface area contributed by atoms with E-state index in [1.165, 1.54) is 5.56 Å². The number of para-hydroxylation sites is 1. The third kappa shape index (κ3) is 3.86. The van der Waals surface area contributed by atoms with Gasteiger partial charge in [-0.2, -0.15) is 0 Å². The van der Waals surface area contributed by atoms with Crippen molar-refractivity contribution >= 4 is 39.4 Å². The van der Waals surface area contributed by atoms with E-state index in [9.17, 15) is 5.11 Å². The third-order valence-corrected chi connectivity index (χ3v) is 4.30. The summed E-state index contributed by atoms with van der Waals surface area (Å²) in [4.78, 5) is 4.52. The Balaban J connectivity index is 2.39. The van der Waals surface area contributed by atoms with Crippen molar-refractivity contribution in [3.63, 3.8) is 0 Å². The minimum absolute atomic E-state index is 0.143. The van der Waals surface area contributed by atoms with Gasteiger partial charge in [0.2, 0.25) is 0 Å². The number of benzene rings is 2. The van der Waals surface area contributed by atoms with Gasteiger partial charge >= 0.3 is 0 Å². The van der Waals surface area contributed by atoms with Crippen LogP contribution in [0, 0.1) is 0 Å². The maximum Gasteiger partial charge on any atom is 0.138 e. The summed E-state index contributed by atoms with van der Waals surface area (Å²) in [6, 6.07) is 11.4. The summed E-state index contributed by atoms with van der Waals surface area (Å²) in [6.45, 7) is 4.34. The molecular weight excluding hydrogens is 350 g/mol. The van der Waals surface area contributed by atoms with Crippen molar-refractivity contribution in [1.29, 1.82) is 0 Å². The summed E-state index contributed by atoms with van der Waals surface area (Å²) in [6.07, 6.45) is 2.70. The quantitative estimate of drug-likeness (QED) is 0.654. The molecule has 0 aliphatic heterocycles. The van der Waals surface area contributed by atoms with Crippen LogP contribution in [0.2, 0.25) is 5.02 Å². The lowest BCUT2D eigenvalue weighted by Crippen LogP contribution is -1.92. The molecule has 0 heterocycles. The largest absolute Gasteiger partial charge is 0.506 e. The predicted molar refractivity (Wildman–Crippen MR) is 93.2 cm³/mol. The molecule has 4 heteroatoms. The van der Waals surface area contributed by atoms with E-state index in [4.69, 9.17) is 11.6 Å². The molecule has 2 aromatic carbocycles. The fourth-order valence-corrected chi connectivity index (χ4v) is 2.90. The van der Waals surface area contributed by atoms with Crippen LogP contribution in [0.15, 0.2) is 45.9 Å². The maximum absolute atomic E-state index is 10.0. The highest BCUT2D eigenvalue weighted by Crippen LogP contribution is 2.32. The molecule has 0 saturated heterocycles. The average Bonchev–Trinajstić information content (AvgIpc) is 2.49. The van der Waals surface area contributed by atoms with Gasteiger partial charge in [0, 0.05) is 16.8 Å². The Kier molecular flexibility index (Phi) is 5.43. The first-order valence-corrected chi connectivity index (χ1v) is 8.01. The van der Waals surface area contributed by atoms with Crippen LogP contribution in [-0.4, -0.2) is 11.3 Å². The van der Waals surface area contributed by atoms with Crippen molar-refractivity contribution in [3.8, 4) is 5.75 Å². The van der Waals surface area contributed by atoms with E-state index < -0.39 is 0 Å². The van der Waals surface area contributed by atoms with Gasteiger partial charge in [-0.3, -0.25) is 4.99 Å². The summed E-state index contributed by atoms with van der Waals surface area (Å²) >= 11 is 9.28. The second kappa shape index (κ2) is 7.10. The Morgan fingerprint density at radius 3 is 2.76 bits per heavy atom. The van der Waals surface area contributed by atoms with Crippen LogP contribution < -0.4 is 0 Å². The van der Waals surface area contributed by atoms with Crippen molar-refractivity contribution in [2.45, 2.75) is 26.2 Å². The predicted octanol–water partition coefficient (Wildman–Crippen LogP) is 6.07. The van der Waals surface area contributed by atoms with Crippen LogP contribution in [0.25, 0.3) is 0 Å². The van der Waals surface area contributed by atoms with Crippen LogP contribution in [0.5, 0.6) is 5.75 Å². The zero-order valence-electron chi connectivity index (χ0n) is 12.0. The highest BCUT2D eigenvalue weighted by molar-refractivity contribution is 9.10. The number of aromatic hydroxyl groups is 1. The number of rotatable bonds is 4. The molecule has 0 radical (unpaired) electrons. The summed E-state index contributed by atoms with van der Waals surface area (Å²) in [5.74, 6) is 0.585. The zero-order valence-corrected chi connectivity index (χ0v) is 14.3. The average molecular weight is 367 g/mol. The molecule has 0 fully saturated rings. The van der Waals surface area contributed by atoms with Gasteiger partial charge in [-0.05, 0) is 52.0 Å². The Morgan fingerprint density at radius 2 is 2.05 bits per heavy atom. The van der Waals surface area contributed by atoms with E-state index in [0.717, 1.165) is 12.1 Å². The number of hydrogen-bond donors (Lipinski definition) is 1. The van der Waals surface area contributed by atoms with Gasteiger partial charge in [0.05, 0.1) is 10.2 Å². The highest BCUT2D eigenvalue weighted by atomic mass is 79.9. The molecule has 1 N–H and O–H groups in total. The Labute approximate surface area is 138 Å². The van der Waals surface area contributed by atoms with Gasteiger partial charge < -0.3 is 5.11 Å². The highest BCUT2D eigenvalue weighted by Gasteiger charge is 2.09. The van der Waals surface area contributed by atoms with Crippen molar-refractivity contribution in [3.05, 3.63) is 57.0 Å². The van der Waals surface area contributed by atoms with E-state index in [1.807, 2.05) is 18.2 Å². The molecule has 1 atom stereocenters. The molecule has 0 amide bonds. The minimum Gasteiger partial charge on any atom is -0.506 e. The first-order valence-electron chi connectivity index (χ1n) is 6.84. The monoisotopic (exact) mass is 365 g/mol. The number of nitrogens with zero attached hydrogens (tertiary/aromatic N) is 1. The topological polar surface area (TPSA) is 32.6 Å². The lowest BCUT2D eigenvalue weighted by atomic mass is 9.97. The summed E-state index contributed by atoms with van der Waals surface area (Å²) in [5, 5.41) is 10.6. The molecule has 0 saturated carbocycles. The standard InChI is InChI=1S/C17H17BrClNO/c1-3-11(2)14-6-4-5-7-16(14)20-10-12-8-13(19)9-15(18)17(12)21/h4-11,21H,3H2,1-2H3. The van der Waals surface area contributed by atoms with Crippen molar-refractivity contribution < 1.29 is 5.11 Å². The number of phenols is 1. The van der Waals surface area contributed by atoms with Gasteiger partial charge in [0.25, 0.3) is 0 Å². The molecule has 0 aliphatic rings. The van der Waals surface area contributed by atoms with Crippen LogP contribution in [0.4, 0.5) is 5.69 Å². The summed E-state index contributed by atoms with van der Waals surface area (Å²) < 4.78 is 0.562. The van der Waals surface area contributed by atoms with E-state index in [2.05, 4.69) is 40.8 Å². The fourth-order valence-electron chi connectivity index (χ4n) is 2.07. The lowest BCUT2D eigenvalue weighted by Gasteiger charge is -2.11. The van der Waals surface area contributed by atoms with E-state index in [1.54, 1.807) is 18.3 Å². The molecule has 21 heavy (non-hydrogen) atoms. The molecule has 0 bridgehead atoms. The molecule has 2 rings (SSSR count). The van der Waals surface area contributed by atoms with Crippen LogP contribution >= 0.6 is 27.5 Å². The molecule has 110 valence electrons. The molecule has 0 aromatic heterocycles. The van der Waals surface area contributed by atoms with Gasteiger partial charge in [-0.15, -0.1) is 0 Å². The SMILES string of the molecule is CCC(C)c1ccccc1N=Cc1cc(Cl)cc(Br)c1O. The maximum atomic E-state index is 10.0.